The van der Waals surface area contributed by atoms with Crippen molar-refractivity contribution >= 4 is 5.91 Å². The Balaban J connectivity index is 2.05. The molecule has 0 saturated heterocycles. The van der Waals surface area contributed by atoms with Crippen LogP contribution in [0.2, 0.25) is 0 Å². The highest BCUT2D eigenvalue weighted by Crippen LogP contribution is 2.40. The average Bonchev–Trinajstić information content (AvgIpc) is 3.19. The molecule has 1 aromatic carbocycles. The molecule has 1 amide bonds. The Hall–Kier alpha value is -1.35. The molecular formula is C14H20N2O. The molecule has 0 bridgehead atoms. The fourth-order valence-corrected chi connectivity index (χ4v) is 2.16. The maximum Gasteiger partial charge on any atom is 0.224 e. The molecule has 1 atom stereocenters. The van der Waals surface area contributed by atoms with Gasteiger partial charge in [-0.1, -0.05) is 24.3 Å². The van der Waals surface area contributed by atoms with E-state index in [1.807, 2.05) is 0 Å². The number of nitrogens with one attached hydrogen (secondary N) is 1. The first-order valence-corrected chi connectivity index (χ1v) is 6.25. The maximum absolute atomic E-state index is 11.6. The van der Waals surface area contributed by atoms with Crippen molar-refractivity contribution in [3.63, 3.8) is 0 Å². The first-order valence-electron chi connectivity index (χ1n) is 6.25. The minimum Gasteiger partial charge on any atom is -0.359 e. The van der Waals surface area contributed by atoms with Crippen molar-refractivity contribution in [2.75, 3.05) is 13.6 Å². The van der Waals surface area contributed by atoms with Crippen molar-refractivity contribution < 1.29 is 4.79 Å². The largest absolute Gasteiger partial charge is 0.359 e. The van der Waals surface area contributed by atoms with E-state index in [9.17, 15) is 4.79 Å². The predicted molar refractivity (Wildman–Crippen MR) is 68.7 cm³/mol. The van der Waals surface area contributed by atoms with Crippen LogP contribution in [0.1, 0.15) is 29.9 Å². The lowest BCUT2D eigenvalue weighted by Crippen LogP contribution is -2.34. The summed E-state index contributed by atoms with van der Waals surface area (Å²) in [5.74, 6) is 0.671. The van der Waals surface area contributed by atoms with E-state index >= 15 is 0 Å². The van der Waals surface area contributed by atoms with E-state index in [4.69, 9.17) is 5.73 Å². The summed E-state index contributed by atoms with van der Waals surface area (Å²) in [6.45, 7) is 0.396. The molecule has 1 aromatic rings. The second kappa shape index (κ2) is 5.32. The lowest BCUT2D eigenvalue weighted by atomic mass is 9.96. The van der Waals surface area contributed by atoms with Crippen LogP contribution in [0.15, 0.2) is 24.3 Å². The van der Waals surface area contributed by atoms with Crippen molar-refractivity contribution in [1.29, 1.82) is 0 Å². The van der Waals surface area contributed by atoms with Crippen LogP contribution in [-0.2, 0) is 11.2 Å². The molecule has 0 heterocycles. The molecule has 1 aliphatic carbocycles. The third-order valence-electron chi connectivity index (χ3n) is 3.38. The number of rotatable bonds is 5. The van der Waals surface area contributed by atoms with E-state index in [2.05, 4.69) is 29.6 Å². The molecule has 1 aliphatic rings. The van der Waals surface area contributed by atoms with Crippen LogP contribution in [-0.4, -0.2) is 19.5 Å². The Morgan fingerprint density at radius 3 is 2.88 bits per heavy atom. The molecule has 17 heavy (non-hydrogen) atoms. The Morgan fingerprint density at radius 2 is 2.29 bits per heavy atom. The summed E-state index contributed by atoms with van der Waals surface area (Å²) in [7, 11) is 1.66. The van der Waals surface area contributed by atoms with Crippen molar-refractivity contribution in [2.45, 2.75) is 25.2 Å². The minimum absolute atomic E-state index is 0.0318. The number of amides is 1. The Kier molecular flexibility index (Phi) is 3.79. The van der Waals surface area contributed by atoms with Gasteiger partial charge in [-0.25, -0.2) is 0 Å². The van der Waals surface area contributed by atoms with Gasteiger partial charge in [-0.3, -0.25) is 4.79 Å². The zero-order chi connectivity index (χ0) is 12.3. The zero-order valence-corrected chi connectivity index (χ0v) is 10.3. The summed E-state index contributed by atoms with van der Waals surface area (Å²) >= 11 is 0. The lowest BCUT2D eigenvalue weighted by molar-refractivity contribution is -0.124. The third-order valence-corrected chi connectivity index (χ3v) is 3.38. The molecule has 92 valence electrons. The van der Waals surface area contributed by atoms with Gasteiger partial charge < -0.3 is 11.1 Å². The van der Waals surface area contributed by atoms with Gasteiger partial charge in [0.05, 0.1) is 5.92 Å². The van der Waals surface area contributed by atoms with Gasteiger partial charge in [-0.2, -0.15) is 0 Å². The van der Waals surface area contributed by atoms with Gasteiger partial charge in [0.2, 0.25) is 5.91 Å². The van der Waals surface area contributed by atoms with Gasteiger partial charge in [-0.15, -0.1) is 0 Å². The summed E-state index contributed by atoms with van der Waals surface area (Å²) in [5.41, 5.74) is 8.27. The lowest BCUT2D eigenvalue weighted by Gasteiger charge is -2.13. The second-order valence-corrected chi connectivity index (χ2v) is 4.77. The Morgan fingerprint density at radius 1 is 1.53 bits per heavy atom. The van der Waals surface area contributed by atoms with Crippen LogP contribution in [0.5, 0.6) is 0 Å². The number of carbonyl (C=O) groups is 1. The molecule has 3 nitrogen and oxygen atoms in total. The number of nitrogens with two attached hydrogens (primary N) is 1. The smallest absolute Gasteiger partial charge is 0.224 e. The van der Waals surface area contributed by atoms with Gasteiger partial charge in [0.1, 0.15) is 0 Å². The van der Waals surface area contributed by atoms with Gasteiger partial charge in [0.25, 0.3) is 0 Å². The van der Waals surface area contributed by atoms with E-state index in [-0.39, 0.29) is 11.8 Å². The first-order chi connectivity index (χ1) is 8.24. The highest BCUT2D eigenvalue weighted by atomic mass is 16.1. The highest BCUT2D eigenvalue weighted by molar-refractivity contribution is 5.78. The van der Waals surface area contributed by atoms with Gasteiger partial charge in [0, 0.05) is 13.6 Å². The molecule has 0 aliphatic heterocycles. The van der Waals surface area contributed by atoms with Crippen LogP contribution in [0.4, 0.5) is 0 Å². The first kappa shape index (κ1) is 12.1. The zero-order valence-electron chi connectivity index (χ0n) is 10.3. The van der Waals surface area contributed by atoms with Gasteiger partial charge in [-0.05, 0) is 36.3 Å². The topological polar surface area (TPSA) is 55.1 Å². The van der Waals surface area contributed by atoms with Crippen LogP contribution in [0.3, 0.4) is 0 Å². The van der Waals surface area contributed by atoms with Crippen molar-refractivity contribution in [2.24, 2.45) is 11.7 Å². The fourth-order valence-electron chi connectivity index (χ4n) is 2.16. The molecule has 2 rings (SSSR count). The standard InChI is InChI=1S/C14H20N2O/c1-16-14(17)13(9-15)8-10-3-2-4-12(7-10)11-5-6-11/h2-4,7,11,13H,5-6,8-9,15H2,1H3,(H,16,17). The molecule has 1 unspecified atom stereocenters. The van der Waals surface area contributed by atoms with Crippen molar-refractivity contribution in [3.05, 3.63) is 35.4 Å². The van der Waals surface area contributed by atoms with Crippen LogP contribution in [0, 0.1) is 5.92 Å². The normalized spacial score (nSPS) is 16.6. The molecule has 3 heteroatoms. The minimum atomic E-state index is -0.116. The van der Waals surface area contributed by atoms with E-state index < -0.39 is 0 Å². The van der Waals surface area contributed by atoms with Gasteiger partial charge >= 0.3 is 0 Å². The third kappa shape index (κ3) is 3.07. The summed E-state index contributed by atoms with van der Waals surface area (Å²) in [5, 5.41) is 2.67. The van der Waals surface area contributed by atoms with Crippen molar-refractivity contribution in [3.8, 4) is 0 Å². The van der Waals surface area contributed by atoms with Gasteiger partial charge in [0.15, 0.2) is 0 Å². The van der Waals surface area contributed by atoms with E-state index in [0.29, 0.717) is 6.54 Å². The van der Waals surface area contributed by atoms with Crippen LogP contribution >= 0.6 is 0 Å². The summed E-state index contributed by atoms with van der Waals surface area (Å²) in [6, 6.07) is 8.57. The number of benzene rings is 1. The number of hydrogen-bond donors (Lipinski definition) is 2. The molecular weight excluding hydrogens is 212 g/mol. The van der Waals surface area contributed by atoms with Crippen LogP contribution < -0.4 is 11.1 Å². The maximum atomic E-state index is 11.6. The molecule has 0 spiro atoms. The summed E-state index contributed by atoms with van der Waals surface area (Å²) < 4.78 is 0. The van der Waals surface area contributed by atoms with E-state index in [0.717, 1.165) is 12.3 Å². The highest BCUT2D eigenvalue weighted by Gasteiger charge is 2.24. The number of carbonyl (C=O) groups excluding carboxylic acids is 1. The molecule has 3 N–H and O–H groups in total. The molecule has 1 fully saturated rings. The summed E-state index contributed by atoms with van der Waals surface area (Å²) in [4.78, 5) is 11.6. The molecule has 1 saturated carbocycles. The summed E-state index contributed by atoms with van der Waals surface area (Å²) in [6.07, 6.45) is 3.34. The SMILES string of the molecule is CNC(=O)C(CN)Cc1cccc(C2CC2)c1. The fraction of sp³-hybridized carbons (Fsp3) is 0.500. The van der Waals surface area contributed by atoms with E-state index in [1.54, 1.807) is 7.05 Å². The second-order valence-electron chi connectivity index (χ2n) is 4.77. The average molecular weight is 232 g/mol. The Bertz CT molecular complexity index is 399. The van der Waals surface area contributed by atoms with E-state index in [1.165, 1.54) is 24.0 Å². The van der Waals surface area contributed by atoms with Crippen LogP contribution in [0.25, 0.3) is 0 Å². The monoisotopic (exact) mass is 232 g/mol. The molecule has 0 aromatic heterocycles. The quantitative estimate of drug-likeness (QED) is 0.807. The van der Waals surface area contributed by atoms with Crippen molar-refractivity contribution in [1.82, 2.24) is 5.32 Å². The number of hydrogen-bond acceptors (Lipinski definition) is 2. The predicted octanol–water partition coefficient (Wildman–Crippen LogP) is 1.43. The Labute approximate surface area is 102 Å². The molecule has 0 radical (unpaired) electrons.